The number of benzene rings is 1. The molecule has 0 atom stereocenters. The van der Waals surface area contributed by atoms with Crippen LogP contribution >= 0.6 is 11.5 Å². The van der Waals surface area contributed by atoms with Gasteiger partial charge in [-0.05, 0) is 17.7 Å². The molecular weight excluding hydrogens is 308 g/mol. The maximum Gasteiger partial charge on any atom is 0.205 e. The summed E-state index contributed by atoms with van der Waals surface area (Å²) < 4.78 is 9.83. The van der Waals surface area contributed by atoms with Crippen LogP contribution in [0.3, 0.4) is 0 Å². The summed E-state index contributed by atoms with van der Waals surface area (Å²) in [6.45, 7) is 8.67. The highest BCUT2D eigenvalue weighted by atomic mass is 32.1. The number of anilines is 2. The molecule has 0 spiro atoms. The van der Waals surface area contributed by atoms with Crippen LogP contribution in [0.1, 0.15) is 31.2 Å². The first kappa shape index (κ1) is 16.2. The molecule has 1 aromatic carbocycles. The fraction of sp³-hybridized carbons (Fsp3) is 0.529. The molecule has 1 saturated heterocycles. The summed E-state index contributed by atoms with van der Waals surface area (Å²) in [5.41, 5.74) is 2.56. The zero-order chi connectivity index (χ0) is 16.2. The van der Waals surface area contributed by atoms with Gasteiger partial charge in [-0.25, -0.2) is 4.98 Å². The Morgan fingerprint density at radius 2 is 1.91 bits per heavy atom. The van der Waals surface area contributed by atoms with Gasteiger partial charge in [-0.3, -0.25) is 0 Å². The lowest BCUT2D eigenvalue weighted by atomic mass is 10.2. The molecule has 3 rings (SSSR count). The molecule has 0 amide bonds. The summed E-state index contributed by atoms with van der Waals surface area (Å²) in [5, 5.41) is 0.978. The van der Waals surface area contributed by atoms with Crippen molar-refractivity contribution in [1.29, 1.82) is 0 Å². The van der Waals surface area contributed by atoms with E-state index in [1.165, 1.54) is 22.8 Å². The molecule has 0 aliphatic carbocycles. The van der Waals surface area contributed by atoms with Crippen molar-refractivity contribution in [2.75, 3.05) is 43.2 Å². The molecule has 1 aliphatic rings. The van der Waals surface area contributed by atoms with Gasteiger partial charge in [-0.1, -0.05) is 26.0 Å². The molecule has 5 nitrogen and oxygen atoms in total. The van der Waals surface area contributed by atoms with Crippen molar-refractivity contribution in [2.45, 2.75) is 26.3 Å². The maximum absolute atomic E-state index is 5.41. The molecule has 1 aliphatic heterocycles. The molecule has 0 bridgehead atoms. The predicted octanol–water partition coefficient (Wildman–Crippen LogP) is 3.13. The Bertz CT molecular complexity index is 620. The van der Waals surface area contributed by atoms with Gasteiger partial charge >= 0.3 is 0 Å². The molecular formula is C17H24N4OS. The van der Waals surface area contributed by atoms with Crippen molar-refractivity contribution < 1.29 is 4.74 Å². The van der Waals surface area contributed by atoms with E-state index in [2.05, 4.69) is 64.3 Å². The zero-order valence-corrected chi connectivity index (χ0v) is 14.8. The number of rotatable bonds is 5. The third-order valence-corrected chi connectivity index (χ3v) is 4.85. The van der Waals surface area contributed by atoms with Crippen molar-refractivity contribution in [3.05, 3.63) is 35.7 Å². The maximum atomic E-state index is 5.41. The van der Waals surface area contributed by atoms with Crippen LogP contribution < -0.4 is 9.80 Å². The van der Waals surface area contributed by atoms with Gasteiger partial charge in [0.2, 0.25) is 5.13 Å². The first-order valence-corrected chi connectivity index (χ1v) is 8.87. The third-order valence-electron chi connectivity index (χ3n) is 4.01. The lowest BCUT2D eigenvalue weighted by Gasteiger charge is -2.29. The summed E-state index contributed by atoms with van der Waals surface area (Å²) in [4.78, 5) is 9.14. The zero-order valence-electron chi connectivity index (χ0n) is 14.0. The Kier molecular flexibility index (Phi) is 5.13. The lowest BCUT2D eigenvalue weighted by molar-refractivity contribution is 0.122. The van der Waals surface area contributed by atoms with Gasteiger partial charge in [0.05, 0.1) is 13.2 Å². The van der Waals surface area contributed by atoms with E-state index in [-0.39, 0.29) is 0 Å². The molecule has 0 unspecified atom stereocenters. The van der Waals surface area contributed by atoms with Crippen LogP contribution in [0.5, 0.6) is 0 Å². The minimum Gasteiger partial charge on any atom is -0.378 e. The Labute approximate surface area is 142 Å². The summed E-state index contributed by atoms with van der Waals surface area (Å²) in [6, 6.07) is 8.81. The van der Waals surface area contributed by atoms with E-state index in [4.69, 9.17) is 4.74 Å². The topological polar surface area (TPSA) is 41.5 Å². The highest BCUT2D eigenvalue weighted by Gasteiger charge is 2.13. The molecule has 23 heavy (non-hydrogen) atoms. The van der Waals surface area contributed by atoms with E-state index in [0.29, 0.717) is 5.92 Å². The standard InChI is InChI=1S/C17H24N4OS/c1-13(2)16-18-17(23-19-16)20(3)12-14-4-6-15(7-5-14)21-8-10-22-11-9-21/h4-7,13H,8-12H2,1-3H3. The van der Waals surface area contributed by atoms with Crippen LogP contribution in [0.4, 0.5) is 10.8 Å². The lowest BCUT2D eigenvalue weighted by Crippen LogP contribution is -2.36. The van der Waals surface area contributed by atoms with Crippen LogP contribution in [0.25, 0.3) is 0 Å². The number of hydrogen-bond donors (Lipinski definition) is 0. The highest BCUT2D eigenvalue weighted by Crippen LogP contribution is 2.23. The Balaban J connectivity index is 1.62. The Hall–Kier alpha value is -1.66. The minimum absolute atomic E-state index is 0.376. The molecule has 0 saturated carbocycles. The van der Waals surface area contributed by atoms with Crippen molar-refractivity contribution in [3.63, 3.8) is 0 Å². The van der Waals surface area contributed by atoms with Crippen molar-refractivity contribution in [2.24, 2.45) is 0 Å². The van der Waals surface area contributed by atoms with E-state index in [1.807, 2.05) is 0 Å². The third kappa shape index (κ3) is 4.00. The van der Waals surface area contributed by atoms with E-state index in [0.717, 1.165) is 43.8 Å². The molecule has 0 N–H and O–H groups in total. The van der Waals surface area contributed by atoms with Gasteiger partial charge in [0.25, 0.3) is 0 Å². The summed E-state index contributed by atoms with van der Waals surface area (Å²) in [7, 11) is 2.07. The number of hydrogen-bond acceptors (Lipinski definition) is 6. The Morgan fingerprint density at radius 1 is 1.22 bits per heavy atom. The highest BCUT2D eigenvalue weighted by molar-refractivity contribution is 7.09. The van der Waals surface area contributed by atoms with Crippen LogP contribution in [0, 0.1) is 0 Å². The van der Waals surface area contributed by atoms with Gasteiger partial charge in [0.15, 0.2) is 0 Å². The number of aromatic nitrogens is 2. The largest absolute Gasteiger partial charge is 0.378 e. The molecule has 1 fully saturated rings. The van der Waals surface area contributed by atoms with Gasteiger partial charge in [-0.15, -0.1) is 0 Å². The van der Waals surface area contributed by atoms with Gasteiger partial charge in [0, 0.05) is 49.8 Å². The SMILES string of the molecule is CC(C)c1nsc(N(C)Cc2ccc(N3CCOCC3)cc2)n1. The van der Waals surface area contributed by atoms with Crippen molar-refractivity contribution >= 4 is 22.4 Å². The number of nitrogens with zero attached hydrogens (tertiary/aromatic N) is 4. The summed E-state index contributed by atoms with van der Waals surface area (Å²) in [5.74, 6) is 1.31. The number of ether oxygens (including phenoxy) is 1. The monoisotopic (exact) mass is 332 g/mol. The van der Waals surface area contributed by atoms with E-state index in [1.54, 1.807) is 0 Å². The molecule has 2 aromatic rings. The fourth-order valence-electron chi connectivity index (χ4n) is 2.59. The fourth-order valence-corrected chi connectivity index (χ4v) is 3.36. The quantitative estimate of drug-likeness (QED) is 0.841. The summed E-state index contributed by atoms with van der Waals surface area (Å²) >= 11 is 1.47. The molecule has 2 heterocycles. The van der Waals surface area contributed by atoms with E-state index in [9.17, 15) is 0 Å². The van der Waals surface area contributed by atoms with Gasteiger partial charge < -0.3 is 14.5 Å². The average Bonchev–Trinajstić information content (AvgIpc) is 3.07. The van der Waals surface area contributed by atoms with Crippen molar-refractivity contribution in [3.8, 4) is 0 Å². The van der Waals surface area contributed by atoms with Gasteiger partial charge in [0.1, 0.15) is 5.82 Å². The molecule has 124 valence electrons. The predicted molar refractivity (Wildman–Crippen MR) is 95.6 cm³/mol. The second-order valence-electron chi connectivity index (χ2n) is 6.21. The molecule has 1 aromatic heterocycles. The second kappa shape index (κ2) is 7.27. The average molecular weight is 332 g/mol. The van der Waals surface area contributed by atoms with Crippen LogP contribution in [0.15, 0.2) is 24.3 Å². The molecule has 6 heteroatoms. The first-order chi connectivity index (χ1) is 11.1. The minimum atomic E-state index is 0.376. The molecule has 0 radical (unpaired) electrons. The smallest absolute Gasteiger partial charge is 0.205 e. The normalized spacial score (nSPS) is 15.2. The van der Waals surface area contributed by atoms with Crippen LogP contribution in [0.2, 0.25) is 0 Å². The van der Waals surface area contributed by atoms with Crippen LogP contribution in [-0.4, -0.2) is 42.7 Å². The van der Waals surface area contributed by atoms with E-state index < -0.39 is 0 Å². The first-order valence-electron chi connectivity index (χ1n) is 8.10. The summed E-state index contributed by atoms with van der Waals surface area (Å²) in [6.07, 6.45) is 0. The Morgan fingerprint density at radius 3 is 2.52 bits per heavy atom. The van der Waals surface area contributed by atoms with Gasteiger partial charge in [-0.2, -0.15) is 4.37 Å². The second-order valence-corrected chi connectivity index (χ2v) is 6.94. The van der Waals surface area contributed by atoms with Crippen molar-refractivity contribution in [1.82, 2.24) is 9.36 Å². The van der Waals surface area contributed by atoms with E-state index >= 15 is 0 Å². The number of morpholine rings is 1. The van der Waals surface area contributed by atoms with Crippen LogP contribution in [-0.2, 0) is 11.3 Å².